The quantitative estimate of drug-likeness (QED) is 0.332. The van der Waals surface area contributed by atoms with Gasteiger partial charge in [0.1, 0.15) is 5.00 Å². The molecule has 0 atom stereocenters. The molecule has 4 rings (SSSR count). The van der Waals surface area contributed by atoms with Crippen molar-refractivity contribution in [2.24, 2.45) is 5.73 Å². The zero-order valence-corrected chi connectivity index (χ0v) is 19.0. The summed E-state index contributed by atoms with van der Waals surface area (Å²) in [4.78, 5) is 42.1. The number of hydrogen-bond donors (Lipinski definition) is 2. The number of hydrogen-bond acceptors (Lipinski definition) is 6. The van der Waals surface area contributed by atoms with Crippen molar-refractivity contribution in [2.75, 3.05) is 11.1 Å². The molecule has 0 bridgehead atoms. The molecular weight excluding hydrogens is 444 g/mol. The number of aryl methyl sites for hydroxylation is 2. The molecule has 0 fully saturated rings. The Morgan fingerprint density at radius 2 is 1.94 bits per heavy atom. The van der Waals surface area contributed by atoms with Crippen LogP contribution in [0.1, 0.15) is 21.5 Å². The molecule has 4 aromatic rings. The highest BCUT2D eigenvalue weighted by molar-refractivity contribution is 7.99. The van der Waals surface area contributed by atoms with Crippen LogP contribution in [-0.4, -0.2) is 27.1 Å². The van der Waals surface area contributed by atoms with Crippen molar-refractivity contribution < 1.29 is 9.59 Å². The highest BCUT2D eigenvalue weighted by Gasteiger charge is 2.17. The monoisotopic (exact) mass is 464 g/mol. The Bertz CT molecular complexity index is 1410. The minimum absolute atomic E-state index is 0.00575. The molecule has 0 unspecified atom stereocenters. The van der Waals surface area contributed by atoms with Gasteiger partial charge in [-0.05, 0) is 49.1 Å². The zero-order valence-electron chi connectivity index (χ0n) is 17.4. The van der Waals surface area contributed by atoms with Crippen molar-refractivity contribution in [3.05, 3.63) is 81.0 Å². The summed E-state index contributed by atoms with van der Waals surface area (Å²) in [6.45, 7) is 3.93. The third-order valence-electron chi connectivity index (χ3n) is 4.85. The fourth-order valence-electron chi connectivity index (χ4n) is 3.37. The average molecular weight is 465 g/mol. The van der Waals surface area contributed by atoms with E-state index in [9.17, 15) is 14.4 Å². The molecule has 9 heteroatoms. The minimum atomic E-state index is -0.603. The van der Waals surface area contributed by atoms with Crippen LogP contribution < -0.4 is 16.6 Å². The second-order valence-electron chi connectivity index (χ2n) is 7.21. The second kappa shape index (κ2) is 8.97. The number of nitrogens with zero attached hydrogens (tertiary/aromatic N) is 2. The van der Waals surface area contributed by atoms with E-state index in [1.54, 1.807) is 34.2 Å². The van der Waals surface area contributed by atoms with Gasteiger partial charge < -0.3 is 11.1 Å². The van der Waals surface area contributed by atoms with E-state index in [1.807, 2.05) is 38.1 Å². The fourth-order valence-corrected chi connectivity index (χ4v) is 4.98. The van der Waals surface area contributed by atoms with E-state index in [-0.39, 0.29) is 22.8 Å². The number of nitrogens with one attached hydrogen (secondary N) is 1. The van der Waals surface area contributed by atoms with Gasteiger partial charge in [0, 0.05) is 0 Å². The van der Waals surface area contributed by atoms with Gasteiger partial charge in [-0.15, -0.1) is 11.3 Å². The molecule has 0 aliphatic heterocycles. The number of amides is 2. The lowest BCUT2D eigenvalue weighted by molar-refractivity contribution is -0.113. The summed E-state index contributed by atoms with van der Waals surface area (Å²) in [6.07, 6.45) is 0. The summed E-state index contributed by atoms with van der Waals surface area (Å²) in [5.41, 5.74) is 8.72. The smallest absolute Gasteiger partial charge is 0.266 e. The van der Waals surface area contributed by atoms with Crippen molar-refractivity contribution >= 4 is 50.8 Å². The molecule has 0 saturated heterocycles. The molecule has 2 aromatic heterocycles. The molecular formula is C23H20N4O3S2. The average Bonchev–Trinajstić information content (AvgIpc) is 3.22. The Balaban J connectivity index is 1.70. The van der Waals surface area contributed by atoms with Crippen LogP contribution in [-0.2, 0) is 4.79 Å². The summed E-state index contributed by atoms with van der Waals surface area (Å²) in [7, 11) is 0. The van der Waals surface area contributed by atoms with Crippen molar-refractivity contribution in [3.8, 4) is 5.69 Å². The van der Waals surface area contributed by atoms with Gasteiger partial charge in [-0.1, -0.05) is 41.6 Å². The van der Waals surface area contributed by atoms with Gasteiger partial charge in [0.15, 0.2) is 5.16 Å². The first-order valence-electron chi connectivity index (χ1n) is 9.74. The standard InChI is InChI=1S/C23H20N4O3S2/c1-13-7-8-18(14(2)11-13)27-22(30)15-5-3-4-6-17(15)25-23(27)32-12-19(28)26-21-16(20(24)29)9-10-31-21/h3-11H,12H2,1-2H3,(H2,24,29)(H,26,28). The van der Waals surface area contributed by atoms with Crippen LogP contribution in [0.5, 0.6) is 0 Å². The molecule has 2 heterocycles. The summed E-state index contributed by atoms with van der Waals surface area (Å²) in [6, 6.07) is 14.5. The molecule has 162 valence electrons. The normalized spacial score (nSPS) is 10.9. The highest BCUT2D eigenvalue weighted by atomic mass is 32.2. The van der Waals surface area contributed by atoms with E-state index in [2.05, 4.69) is 10.3 Å². The maximum absolute atomic E-state index is 13.4. The van der Waals surface area contributed by atoms with E-state index in [0.717, 1.165) is 28.6 Å². The predicted molar refractivity (Wildman–Crippen MR) is 129 cm³/mol. The number of nitrogens with two attached hydrogens (primary N) is 1. The van der Waals surface area contributed by atoms with E-state index >= 15 is 0 Å². The van der Waals surface area contributed by atoms with Gasteiger partial charge in [-0.25, -0.2) is 4.98 Å². The van der Waals surface area contributed by atoms with Crippen molar-refractivity contribution in [3.63, 3.8) is 0 Å². The summed E-state index contributed by atoms with van der Waals surface area (Å²) < 4.78 is 1.55. The maximum Gasteiger partial charge on any atom is 0.266 e. The van der Waals surface area contributed by atoms with E-state index in [0.29, 0.717) is 21.1 Å². The van der Waals surface area contributed by atoms with Crippen LogP contribution in [0, 0.1) is 13.8 Å². The molecule has 32 heavy (non-hydrogen) atoms. The number of benzene rings is 2. The van der Waals surface area contributed by atoms with Gasteiger partial charge in [-0.3, -0.25) is 19.0 Å². The third kappa shape index (κ3) is 4.30. The largest absolute Gasteiger partial charge is 0.366 e. The number of carbonyl (C=O) groups excluding carboxylic acids is 2. The first kappa shape index (κ1) is 21.8. The number of thioether (sulfide) groups is 1. The van der Waals surface area contributed by atoms with Gasteiger partial charge >= 0.3 is 0 Å². The first-order chi connectivity index (χ1) is 15.3. The number of anilines is 1. The van der Waals surface area contributed by atoms with Crippen LogP contribution >= 0.6 is 23.1 Å². The van der Waals surface area contributed by atoms with Gasteiger partial charge in [0.25, 0.3) is 11.5 Å². The SMILES string of the molecule is Cc1ccc(-n2c(SCC(=O)Nc3sccc3C(N)=O)nc3ccccc3c2=O)c(C)c1. The van der Waals surface area contributed by atoms with Crippen molar-refractivity contribution in [1.82, 2.24) is 9.55 Å². The van der Waals surface area contributed by atoms with Gasteiger partial charge in [0.2, 0.25) is 5.91 Å². The first-order valence-corrected chi connectivity index (χ1v) is 11.6. The number of primary amides is 1. The molecule has 0 aliphatic rings. The molecule has 2 aromatic carbocycles. The number of para-hydroxylation sites is 1. The van der Waals surface area contributed by atoms with Crippen LogP contribution in [0.2, 0.25) is 0 Å². The van der Waals surface area contributed by atoms with Gasteiger partial charge in [-0.2, -0.15) is 0 Å². The van der Waals surface area contributed by atoms with Crippen molar-refractivity contribution in [2.45, 2.75) is 19.0 Å². The maximum atomic E-state index is 13.4. The van der Waals surface area contributed by atoms with Crippen LogP contribution in [0.25, 0.3) is 16.6 Å². The topological polar surface area (TPSA) is 107 Å². The lowest BCUT2D eigenvalue weighted by Gasteiger charge is -2.15. The number of aromatic nitrogens is 2. The predicted octanol–water partition coefficient (Wildman–Crippen LogP) is 3.89. The van der Waals surface area contributed by atoms with Crippen molar-refractivity contribution in [1.29, 1.82) is 0 Å². The number of carbonyl (C=O) groups is 2. The van der Waals surface area contributed by atoms with Gasteiger partial charge in [0.05, 0.1) is 27.9 Å². The zero-order chi connectivity index (χ0) is 22.8. The Labute approximate surface area is 192 Å². The second-order valence-corrected chi connectivity index (χ2v) is 9.07. The van der Waals surface area contributed by atoms with Crippen LogP contribution in [0.3, 0.4) is 0 Å². The van der Waals surface area contributed by atoms with E-state index < -0.39 is 5.91 Å². The molecule has 0 spiro atoms. The molecule has 0 radical (unpaired) electrons. The number of rotatable bonds is 6. The van der Waals surface area contributed by atoms with E-state index in [1.165, 1.54) is 11.3 Å². The lowest BCUT2D eigenvalue weighted by atomic mass is 10.1. The van der Waals surface area contributed by atoms with E-state index in [4.69, 9.17) is 5.73 Å². The van der Waals surface area contributed by atoms with Crippen LogP contribution in [0.4, 0.5) is 5.00 Å². The number of thiophene rings is 1. The molecule has 0 aliphatic carbocycles. The summed E-state index contributed by atoms with van der Waals surface area (Å²) >= 11 is 2.38. The number of fused-ring (bicyclic) bond motifs is 1. The third-order valence-corrected chi connectivity index (χ3v) is 6.62. The van der Waals surface area contributed by atoms with Crippen LogP contribution in [0.15, 0.2) is 63.9 Å². The molecule has 0 saturated carbocycles. The Hall–Kier alpha value is -3.43. The minimum Gasteiger partial charge on any atom is -0.366 e. The summed E-state index contributed by atoms with van der Waals surface area (Å²) in [5, 5.41) is 5.72. The molecule has 3 N–H and O–H groups in total. The highest BCUT2D eigenvalue weighted by Crippen LogP contribution is 2.26. The Morgan fingerprint density at radius 1 is 1.16 bits per heavy atom. The lowest BCUT2D eigenvalue weighted by Crippen LogP contribution is -2.23. The molecule has 2 amide bonds. The fraction of sp³-hybridized carbons (Fsp3) is 0.130. The molecule has 7 nitrogen and oxygen atoms in total. The summed E-state index contributed by atoms with van der Waals surface area (Å²) in [5.74, 6) is -0.921. The Kier molecular flexibility index (Phi) is 6.11. The Morgan fingerprint density at radius 3 is 2.69 bits per heavy atom.